The molecular weight excluding hydrogens is 411 g/mol. The fourth-order valence-corrected chi connectivity index (χ4v) is 2.66. The highest BCUT2D eigenvalue weighted by Gasteiger charge is 2.33. The number of halogens is 4. The van der Waals surface area contributed by atoms with Crippen LogP contribution in [0.4, 0.5) is 18.9 Å². The number of carbonyl (C=O) groups is 1. The average Bonchev–Trinajstić information content (AvgIpc) is 2.67. The number of aliphatic hydroxyl groups is 1. The molecule has 0 aliphatic rings. The van der Waals surface area contributed by atoms with Crippen molar-refractivity contribution in [2.24, 2.45) is 0 Å². The first-order valence-corrected chi connectivity index (χ1v) is 9.26. The highest BCUT2D eigenvalue weighted by atomic mass is 35.5. The number of alkyl halides is 3. The summed E-state index contributed by atoms with van der Waals surface area (Å²) in [5, 5.41) is 11.9. The molecule has 0 saturated heterocycles. The summed E-state index contributed by atoms with van der Waals surface area (Å²) in [7, 11) is 0. The number of aliphatic hydroxyl groups excluding tert-OH is 1. The second kappa shape index (κ2) is 10.5. The molecule has 158 valence electrons. The number of anilines is 1. The van der Waals surface area contributed by atoms with E-state index < -0.39 is 28.8 Å². The van der Waals surface area contributed by atoms with Gasteiger partial charge >= 0.3 is 6.18 Å². The zero-order valence-corrected chi connectivity index (χ0v) is 16.4. The molecule has 1 amide bonds. The van der Waals surface area contributed by atoms with Gasteiger partial charge in [-0.05, 0) is 43.7 Å². The minimum Gasteiger partial charge on any atom is -0.490 e. The summed E-state index contributed by atoms with van der Waals surface area (Å²) in [6, 6.07) is 9.35. The molecule has 0 saturated carbocycles. The minimum absolute atomic E-state index is 0.0572. The normalized spacial score (nSPS) is 12.5. The van der Waals surface area contributed by atoms with E-state index in [0.29, 0.717) is 19.6 Å². The van der Waals surface area contributed by atoms with Crippen molar-refractivity contribution >= 4 is 23.2 Å². The van der Waals surface area contributed by atoms with Crippen LogP contribution >= 0.6 is 11.6 Å². The second-order valence-electron chi connectivity index (χ2n) is 6.09. The number of carbonyl (C=O) groups excluding carboxylic acids is 1. The first kappa shape index (κ1) is 23.0. The number of hydrogen-bond acceptors (Lipinski definition) is 4. The lowest BCUT2D eigenvalue weighted by Gasteiger charge is -2.15. The molecular formula is C20H21ClF3NO4. The summed E-state index contributed by atoms with van der Waals surface area (Å²) in [5.41, 5.74) is -0.981. The van der Waals surface area contributed by atoms with Crippen molar-refractivity contribution in [3.63, 3.8) is 0 Å². The van der Waals surface area contributed by atoms with E-state index in [1.165, 1.54) is 18.2 Å². The van der Waals surface area contributed by atoms with Crippen LogP contribution in [-0.2, 0) is 10.9 Å². The Kier molecular flexibility index (Phi) is 8.31. The van der Waals surface area contributed by atoms with E-state index in [0.717, 1.165) is 12.1 Å². The highest BCUT2D eigenvalue weighted by molar-refractivity contribution is 6.31. The topological polar surface area (TPSA) is 67.8 Å². The van der Waals surface area contributed by atoms with Gasteiger partial charge in [0, 0.05) is 18.9 Å². The molecule has 2 N–H and O–H groups in total. The van der Waals surface area contributed by atoms with Crippen LogP contribution in [0.5, 0.6) is 5.75 Å². The van der Waals surface area contributed by atoms with Crippen LogP contribution in [0.3, 0.4) is 0 Å². The molecule has 2 aromatic rings. The Labute approximate surface area is 171 Å². The maximum absolute atomic E-state index is 13.0. The Hall–Kier alpha value is -2.29. The van der Waals surface area contributed by atoms with Gasteiger partial charge in [-0.1, -0.05) is 23.7 Å². The Bertz CT molecular complexity index is 830. The Morgan fingerprint density at radius 1 is 1.24 bits per heavy atom. The molecule has 0 unspecified atom stereocenters. The van der Waals surface area contributed by atoms with Gasteiger partial charge in [-0.25, -0.2) is 0 Å². The van der Waals surface area contributed by atoms with Crippen LogP contribution in [0.2, 0.25) is 5.02 Å². The van der Waals surface area contributed by atoms with Gasteiger partial charge in [0.25, 0.3) is 5.91 Å². The van der Waals surface area contributed by atoms with Gasteiger partial charge in [0.15, 0.2) is 0 Å². The van der Waals surface area contributed by atoms with Gasteiger partial charge < -0.3 is 19.9 Å². The quantitative estimate of drug-likeness (QED) is 0.561. The van der Waals surface area contributed by atoms with Crippen LogP contribution in [0, 0.1) is 0 Å². The van der Waals surface area contributed by atoms with E-state index in [4.69, 9.17) is 21.1 Å². The molecule has 0 bridgehead atoms. The van der Waals surface area contributed by atoms with Crippen molar-refractivity contribution in [2.45, 2.75) is 25.6 Å². The monoisotopic (exact) mass is 431 g/mol. The fourth-order valence-electron chi connectivity index (χ4n) is 2.43. The van der Waals surface area contributed by atoms with Crippen molar-refractivity contribution in [3.05, 3.63) is 58.6 Å². The van der Waals surface area contributed by atoms with Gasteiger partial charge in [-0.2, -0.15) is 13.2 Å². The number of ether oxygens (including phenoxy) is 2. The van der Waals surface area contributed by atoms with Gasteiger partial charge in [0.05, 0.1) is 22.3 Å². The molecule has 0 spiro atoms. The number of hydrogen-bond donors (Lipinski definition) is 2. The van der Waals surface area contributed by atoms with E-state index in [1.807, 2.05) is 6.92 Å². The summed E-state index contributed by atoms with van der Waals surface area (Å²) in [4.78, 5) is 12.5. The van der Waals surface area contributed by atoms with Crippen LogP contribution in [-0.4, -0.2) is 36.9 Å². The lowest BCUT2D eigenvalue weighted by molar-refractivity contribution is -0.137. The van der Waals surface area contributed by atoms with Crippen LogP contribution in [0.15, 0.2) is 42.5 Å². The molecule has 2 rings (SSSR count). The van der Waals surface area contributed by atoms with E-state index >= 15 is 0 Å². The fraction of sp³-hybridized carbons (Fsp3) is 0.350. The third-order valence-electron chi connectivity index (χ3n) is 3.89. The number of para-hydroxylation sites is 1. The van der Waals surface area contributed by atoms with E-state index in [9.17, 15) is 23.1 Å². The first-order chi connectivity index (χ1) is 13.7. The molecule has 9 heteroatoms. The number of rotatable bonds is 9. The Balaban J connectivity index is 2.08. The van der Waals surface area contributed by atoms with E-state index in [-0.39, 0.29) is 23.6 Å². The van der Waals surface area contributed by atoms with Gasteiger partial charge in [0.1, 0.15) is 12.4 Å². The predicted octanol–water partition coefficient (Wildman–Crippen LogP) is 4.78. The van der Waals surface area contributed by atoms with E-state index in [1.54, 1.807) is 12.1 Å². The van der Waals surface area contributed by atoms with E-state index in [2.05, 4.69) is 5.32 Å². The molecule has 0 aliphatic carbocycles. The Morgan fingerprint density at radius 2 is 1.97 bits per heavy atom. The maximum Gasteiger partial charge on any atom is 0.417 e. The third kappa shape index (κ3) is 6.92. The molecule has 1 atom stereocenters. The van der Waals surface area contributed by atoms with Crippen molar-refractivity contribution in [2.75, 3.05) is 25.1 Å². The third-order valence-corrected chi connectivity index (χ3v) is 4.22. The Morgan fingerprint density at radius 3 is 2.66 bits per heavy atom. The standard InChI is InChI=1S/C20H21ClF3NO4/c1-2-28-10-9-14(26)12-29-18-6-4-3-5-15(18)19(27)25-13-7-8-17(21)16(11-13)20(22,23)24/h3-8,11,14,26H,2,9-10,12H2,1H3,(H,25,27)/t14-/m0/s1. The zero-order valence-electron chi connectivity index (χ0n) is 15.6. The van der Waals surface area contributed by atoms with Gasteiger partial charge in [0.2, 0.25) is 0 Å². The van der Waals surface area contributed by atoms with Crippen LogP contribution in [0.1, 0.15) is 29.3 Å². The molecule has 0 heterocycles. The van der Waals surface area contributed by atoms with Gasteiger partial charge in [-0.3, -0.25) is 4.79 Å². The highest BCUT2D eigenvalue weighted by Crippen LogP contribution is 2.36. The van der Waals surface area contributed by atoms with Crippen molar-refractivity contribution in [3.8, 4) is 5.75 Å². The summed E-state index contributed by atoms with van der Waals surface area (Å²) < 4.78 is 49.6. The van der Waals surface area contributed by atoms with Crippen molar-refractivity contribution < 1.29 is 32.5 Å². The van der Waals surface area contributed by atoms with Crippen LogP contribution < -0.4 is 10.1 Å². The number of nitrogens with one attached hydrogen (secondary N) is 1. The molecule has 0 aromatic heterocycles. The smallest absolute Gasteiger partial charge is 0.417 e. The van der Waals surface area contributed by atoms with Gasteiger partial charge in [-0.15, -0.1) is 0 Å². The molecule has 5 nitrogen and oxygen atoms in total. The van der Waals surface area contributed by atoms with Crippen molar-refractivity contribution in [1.82, 2.24) is 0 Å². The average molecular weight is 432 g/mol. The van der Waals surface area contributed by atoms with Crippen molar-refractivity contribution in [1.29, 1.82) is 0 Å². The number of amides is 1. The summed E-state index contributed by atoms with van der Waals surface area (Å²) in [5.74, 6) is -0.453. The molecule has 0 aliphatic heterocycles. The zero-order chi connectivity index (χ0) is 21.4. The lowest BCUT2D eigenvalue weighted by atomic mass is 10.1. The predicted molar refractivity (Wildman–Crippen MR) is 103 cm³/mol. The second-order valence-corrected chi connectivity index (χ2v) is 6.50. The summed E-state index contributed by atoms with van der Waals surface area (Å²) in [6.07, 6.45) is -5.06. The molecule has 0 fully saturated rings. The molecule has 2 aromatic carbocycles. The van der Waals surface area contributed by atoms with Crippen LogP contribution in [0.25, 0.3) is 0 Å². The summed E-state index contributed by atoms with van der Waals surface area (Å²) in [6.45, 7) is 2.70. The largest absolute Gasteiger partial charge is 0.490 e. The molecule has 0 radical (unpaired) electrons. The molecule has 29 heavy (non-hydrogen) atoms. The summed E-state index contributed by atoms with van der Waals surface area (Å²) >= 11 is 5.59. The lowest BCUT2D eigenvalue weighted by Crippen LogP contribution is -2.21. The minimum atomic E-state index is -4.64. The maximum atomic E-state index is 13.0. The first-order valence-electron chi connectivity index (χ1n) is 8.88. The SMILES string of the molecule is CCOCC[C@H](O)COc1ccccc1C(=O)Nc1ccc(Cl)c(C(F)(F)F)c1. The number of benzene rings is 2.